The van der Waals surface area contributed by atoms with Gasteiger partial charge in [-0.3, -0.25) is 0 Å². The first-order chi connectivity index (χ1) is 7.74. The molecule has 0 aliphatic carbocycles. The number of aryl methyl sites for hydroxylation is 1. The van der Waals surface area contributed by atoms with Crippen LogP contribution in [0.2, 0.25) is 0 Å². The average Bonchev–Trinajstić information content (AvgIpc) is 2.33. The second kappa shape index (κ2) is 4.40. The summed E-state index contributed by atoms with van der Waals surface area (Å²) < 4.78 is 5.51. The Hall–Kier alpha value is -1.76. The normalized spacial score (nSPS) is 10.2. The third kappa shape index (κ3) is 1.81. The van der Waals surface area contributed by atoms with E-state index in [4.69, 9.17) is 4.74 Å². The molecule has 16 heavy (non-hydrogen) atoms. The molecule has 0 aliphatic rings. The van der Waals surface area contributed by atoms with E-state index in [-0.39, 0.29) is 0 Å². The molecule has 0 aliphatic heterocycles. The van der Waals surface area contributed by atoms with Crippen molar-refractivity contribution < 1.29 is 4.74 Å². The number of hydrogen-bond acceptors (Lipinski definition) is 1. The monoisotopic (exact) mass is 212 g/mol. The van der Waals surface area contributed by atoms with Gasteiger partial charge in [-0.05, 0) is 30.5 Å². The molecule has 0 unspecified atom stereocenters. The first-order valence-corrected chi connectivity index (χ1v) is 5.43. The van der Waals surface area contributed by atoms with E-state index in [0.29, 0.717) is 0 Å². The zero-order chi connectivity index (χ0) is 11.5. The molecule has 0 N–H and O–H groups in total. The third-order valence-electron chi connectivity index (χ3n) is 2.97. The molecule has 2 aromatic rings. The summed E-state index contributed by atoms with van der Waals surface area (Å²) in [5.41, 5.74) is 4.83. The van der Waals surface area contributed by atoms with Gasteiger partial charge < -0.3 is 4.74 Å². The Kier molecular flexibility index (Phi) is 2.95. The predicted octanol–water partition coefficient (Wildman–Crippen LogP) is 3.98. The molecule has 1 nitrogen and oxygen atoms in total. The molecule has 1 heteroatoms. The number of hydrogen-bond donors (Lipinski definition) is 0. The Morgan fingerprint density at radius 2 is 1.56 bits per heavy atom. The molecular weight excluding hydrogens is 196 g/mol. The van der Waals surface area contributed by atoms with Crippen LogP contribution in [0, 0.1) is 13.8 Å². The minimum absolute atomic E-state index is 0.978. The van der Waals surface area contributed by atoms with Crippen LogP contribution in [-0.2, 0) is 0 Å². The third-order valence-corrected chi connectivity index (χ3v) is 2.97. The van der Waals surface area contributed by atoms with Crippen LogP contribution in [0.15, 0.2) is 42.5 Å². The Morgan fingerprint density at radius 3 is 2.19 bits per heavy atom. The van der Waals surface area contributed by atoms with Crippen molar-refractivity contribution in [3.05, 3.63) is 53.6 Å². The lowest BCUT2D eigenvalue weighted by Gasteiger charge is -2.13. The van der Waals surface area contributed by atoms with Crippen LogP contribution in [0.5, 0.6) is 5.75 Å². The number of rotatable bonds is 2. The Balaban J connectivity index is 2.62. The van der Waals surface area contributed by atoms with Crippen molar-refractivity contribution in [1.82, 2.24) is 0 Å². The molecule has 82 valence electrons. The van der Waals surface area contributed by atoms with E-state index in [2.05, 4.69) is 38.1 Å². The van der Waals surface area contributed by atoms with Gasteiger partial charge in [-0.1, -0.05) is 42.5 Å². The highest BCUT2D eigenvalue weighted by molar-refractivity contribution is 5.72. The van der Waals surface area contributed by atoms with Crippen molar-refractivity contribution in [2.24, 2.45) is 0 Å². The second-order valence-corrected chi connectivity index (χ2v) is 3.95. The van der Waals surface area contributed by atoms with E-state index in [1.54, 1.807) is 7.11 Å². The lowest BCUT2D eigenvalue weighted by atomic mass is 9.99. The molecule has 0 bridgehead atoms. The van der Waals surface area contributed by atoms with Crippen LogP contribution < -0.4 is 4.74 Å². The van der Waals surface area contributed by atoms with Crippen molar-refractivity contribution in [1.29, 1.82) is 0 Å². The summed E-state index contributed by atoms with van der Waals surface area (Å²) in [7, 11) is 1.73. The molecule has 0 atom stereocenters. The van der Waals surface area contributed by atoms with Crippen LogP contribution in [0.25, 0.3) is 11.1 Å². The zero-order valence-corrected chi connectivity index (χ0v) is 9.95. The van der Waals surface area contributed by atoms with Gasteiger partial charge in [-0.25, -0.2) is 0 Å². The molecule has 0 heterocycles. The first kappa shape index (κ1) is 10.7. The van der Waals surface area contributed by atoms with Crippen LogP contribution in [0.3, 0.4) is 0 Å². The molecule has 0 amide bonds. The van der Waals surface area contributed by atoms with Crippen molar-refractivity contribution in [2.75, 3.05) is 7.11 Å². The average molecular weight is 212 g/mol. The topological polar surface area (TPSA) is 9.23 Å². The van der Waals surface area contributed by atoms with E-state index in [0.717, 1.165) is 11.3 Å². The summed E-state index contributed by atoms with van der Waals surface area (Å²) in [6.07, 6.45) is 0. The van der Waals surface area contributed by atoms with E-state index >= 15 is 0 Å². The highest BCUT2D eigenvalue weighted by Gasteiger charge is 2.09. The molecule has 0 aromatic heterocycles. The summed E-state index contributed by atoms with van der Waals surface area (Å²) in [6, 6.07) is 14.6. The summed E-state index contributed by atoms with van der Waals surface area (Å²) in [5, 5.41) is 0. The van der Waals surface area contributed by atoms with Gasteiger partial charge in [-0.15, -0.1) is 0 Å². The van der Waals surface area contributed by atoms with Crippen LogP contribution in [0.4, 0.5) is 0 Å². The van der Waals surface area contributed by atoms with E-state index < -0.39 is 0 Å². The fraction of sp³-hybridized carbons (Fsp3) is 0.200. The SMILES string of the molecule is COc1c(-c2ccccc2)ccc(C)c1C. The highest BCUT2D eigenvalue weighted by atomic mass is 16.5. The maximum absolute atomic E-state index is 5.51. The van der Waals surface area contributed by atoms with Gasteiger partial charge in [0.2, 0.25) is 0 Å². The number of benzene rings is 2. The van der Waals surface area contributed by atoms with Crippen LogP contribution >= 0.6 is 0 Å². The van der Waals surface area contributed by atoms with Gasteiger partial charge in [-0.2, -0.15) is 0 Å². The highest BCUT2D eigenvalue weighted by Crippen LogP contribution is 2.34. The maximum Gasteiger partial charge on any atom is 0.129 e. The standard InChI is InChI=1S/C15H16O/c1-11-9-10-14(15(16-3)12(11)2)13-7-5-4-6-8-13/h4-10H,1-3H3. The van der Waals surface area contributed by atoms with Crippen LogP contribution in [0.1, 0.15) is 11.1 Å². The van der Waals surface area contributed by atoms with Gasteiger partial charge in [0.05, 0.1) is 7.11 Å². The molecule has 0 spiro atoms. The van der Waals surface area contributed by atoms with Gasteiger partial charge in [0, 0.05) is 5.56 Å². The van der Waals surface area contributed by atoms with Crippen molar-refractivity contribution in [3.8, 4) is 16.9 Å². The van der Waals surface area contributed by atoms with Crippen molar-refractivity contribution in [2.45, 2.75) is 13.8 Å². The predicted molar refractivity (Wildman–Crippen MR) is 67.9 cm³/mol. The van der Waals surface area contributed by atoms with Gasteiger partial charge in [0.15, 0.2) is 0 Å². The first-order valence-electron chi connectivity index (χ1n) is 5.43. The fourth-order valence-electron chi connectivity index (χ4n) is 1.90. The fourth-order valence-corrected chi connectivity index (χ4v) is 1.90. The molecule has 0 radical (unpaired) electrons. The summed E-state index contributed by atoms with van der Waals surface area (Å²) in [6.45, 7) is 4.20. The number of methoxy groups -OCH3 is 1. The minimum Gasteiger partial charge on any atom is -0.496 e. The lowest BCUT2D eigenvalue weighted by molar-refractivity contribution is 0.413. The van der Waals surface area contributed by atoms with Crippen molar-refractivity contribution in [3.63, 3.8) is 0 Å². The largest absolute Gasteiger partial charge is 0.496 e. The van der Waals surface area contributed by atoms with E-state index in [1.807, 2.05) is 18.2 Å². The quantitative estimate of drug-likeness (QED) is 0.731. The maximum atomic E-state index is 5.51. The van der Waals surface area contributed by atoms with Gasteiger partial charge in [0.1, 0.15) is 5.75 Å². The molecule has 2 rings (SSSR count). The molecule has 0 fully saturated rings. The second-order valence-electron chi connectivity index (χ2n) is 3.95. The molecular formula is C15H16O. The summed E-state index contributed by atoms with van der Waals surface area (Å²) >= 11 is 0. The van der Waals surface area contributed by atoms with Gasteiger partial charge in [0.25, 0.3) is 0 Å². The molecule has 2 aromatic carbocycles. The number of ether oxygens (including phenoxy) is 1. The zero-order valence-electron chi connectivity index (χ0n) is 9.95. The lowest BCUT2D eigenvalue weighted by Crippen LogP contribution is -1.93. The molecule has 0 saturated heterocycles. The Bertz CT molecular complexity index is 486. The minimum atomic E-state index is 0.978. The van der Waals surface area contributed by atoms with Crippen molar-refractivity contribution >= 4 is 0 Å². The summed E-state index contributed by atoms with van der Waals surface area (Å²) in [4.78, 5) is 0. The summed E-state index contributed by atoms with van der Waals surface area (Å²) in [5.74, 6) is 0.978. The van der Waals surface area contributed by atoms with Crippen LogP contribution in [-0.4, -0.2) is 7.11 Å². The van der Waals surface area contributed by atoms with E-state index in [9.17, 15) is 0 Å². The Labute approximate surface area is 96.7 Å². The Morgan fingerprint density at radius 1 is 0.875 bits per heavy atom. The smallest absolute Gasteiger partial charge is 0.129 e. The van der Waals surface area contributed by atoms with Gasteiger partial charge >= 0.3 is 0 Å². The molecule has 0 saturated carbocycles. The van der Waals surface area contributed by atoms with E-state index in [1.165, 1.54) is 16.7 Å².